The lowest BCUT2D eigenvalue weighted by Crippen LogP contribution is -2.36. The van der Waals surface area contributed by atoms with E-state index in [1.54, 1.807) is 19.1 Å². The van der Waals surface area contributed by atoms with Crippen molar-refractivity contribution in [1.29, 1.82) is 0 Å². The molecular formula is C14H21NO3S. The molecule has 1 fully saturated rings. The number of aliphatic hydroxyl groups excluding tert-OH is 1. The summed E-state index contributed by atoms with van der Waals surface area (Å²) < 4.78 is 24.3. The van der Waals surface area contributed by atoms with Crippen LogP contribution in [0.3, 0.4) is 0 Å². The second kappa shape index (κ2) is 5.51. The smallest absolute Gasteiger partial charge is 0.180 e. The SMILES string of the molecule is CCS(=O)(=O)c1ccccc1N1CCC(C)C1CO. The first-order chi connectivity index (χ1) is 9.01. The van der Waals surface area contributed by atoms with Gasteiger partial charge >= 0.3 is 0 Å². The predicted molar refractivity (Wildman–Crippen MR) is 76.2 cm³/mol. The van der Waals surface area contributed by atoms with Crippen molar-refractivity contribution in [3.63, 3.8) is 0 Å². The van der Waals surface area contributed by atoms with E-state index in [1.807, 2.05) is 17.0 Å². The van der Waals surface area contributed by atoms with Gasteiger partial charge in [-0.1, -0.05) is 26.0 Å². The molecule has 1 aromatic rings. The van der Waals surface area contributed by atoms with Crippen LogP contribution in [-0.2, 0) is 9.84 Å². The standard InChI is InChI=1S/C14H21NO3S/c1-3-19(17,18)14-7-5-4-6-12(14)15-9-8-11(2)13(15)10-16/h4-7,11,13,16H,3,8-10H2,1-2H3. The molecule has 0 radical (unpaired) electrons. The maximum absolute atomic E-state index is 12.2. The Balaban J connectivity index is 2.46. The van der Waals surface area contributed by atoms with Crippen molar-refractivity contribution in [2.45, 2.75) is 31.2 Å². The molecule has 19 heavy (non-hydrogen) atoms. The molecular weight excluding hydrogens is 262 g/mol. The highest BCUT2D eigenvalue weighted by Crippen LogP contribution is 2.34. The quantitative estimate of drug-likeness (QED) is 0.913. The fourth-order valence-corrected chi connectivity index (χ4v) is 3.80. The molecule has 0 bridgehead atoms. The second-order valence-corrected chi connectivity index (χ2v) is 7.33. The van der Waals surface area contributed by atoms with Crippen LogP contribution in [0, 0.1) is 5.92 Å². The van der Waals surface area contributed by atoms with Crippen molar-refractivity contribution in [2.24, 2.45) is 5.92 Å². The Morgan fingerprint density at radius 3 is 2.68 bits per heavy atom. The number of nitrogens with zero attached hydrogens (tertiary/aromatic N) is 1. The van der Waals surface area contributed by atoms with E-state index >= 15 is 0 Å². The normalized spacial score (nSPS) is 23.8. The number of sulfone groups is 1. The summed E-state index contributed by atoms with van der Waals surface area (Å²) in [6, 6.07) is 7.10. The fourth-order valence-electron chi connectivity index (χ4n) is 2.70. The van der Waals surface area contributed by atoms with Crippen molar-refractivity contribution in [3.05, 3.63) is 24.3 Å². The number of anilines is 1. The second-order valence-electron chi connectivity index (χ2n) is 5.08. The van der Waals surface area contributed by atoms with Crippen LogP contribution in [0.2, 0.25) is 0 Å². The number of rotatable bonds is 4. The number of hydrogen-bond donors (Lipinski definition) is 1. The van der Waals surface area contributed by atoms with E-state index in [0.717, 1.165) is 18.7 Å². The highest BCUT2D eigenvalue weighted by Gasteiger charge is 2.33. The van der Waals surface area contributed by atoms with Gasteiger partial charge in [-0.15, -0.1) is 0 Å². The first-order valence-electron chi connectivity index (χ1n) is 6.70. The number of benzene rings is 1. The zero-order chi connectivity index (χ0) is 14.0. The van der Waals surface area contributed by atoms with Crippen molar-refractivity contribution in [1.82, 2.24) is 0 Å². The Labute approximate surface area is 115 Å². The average Bonchev–Trinajstić information content (AvgIpc) is 2.79. The Morgan fingerprint density at radius 2 is 2.05 bits per heavy atom. The third kappa shape index (κ3) is 2.62. The van der Waals surface area contributed by atoms with Gasteiger partial charge in [0.05, 0.1) is 29.0 Å². The minimum Gasteiger partial charge on any atom is -0.394 e. The van der Waals surface area contributed by atoms with E-state index in [9.17, 15) is 13.5 Å². The summed E-state index contributed by atoms with van der Waals surface area (Å²) in [6.07, 6.45) is 0.978. The van der Waals surface area contributed by atoms with Crippen molar-refractivity contribution in [3.8, 4) is 0 Å². The van der Waals surface area contributed by atoms with E-state index in [4.69, 9.17) is 0 Å². The minimum absolute atomic E-state index is 0.00760. The lowest BCUT2D eigenvalue weighted by atomic mass is 10.0. The van der Waals surface area contributed by atoms with Gasteiger partial charge in [0.25, 0.3) is 0 Å². The van der Waals surface area contributed by atoms with Gasteiger partial charge in [0, 0.05) is 6.54 Å². The Bertz CT molecular complexity index is 541. The summed E-state index contributed by atoms with van der Waals surface area (Å²) in [4.78, 5) is 2.41. The molecule has 0 amide bonds. The van der Waals surface area contributed by atoms with Crippen LogP contribution in [0.1, 0.15) is 20.3 Å². The molecule has 4 nitrogen and oxygen atoms in total. The first kappa shape index (κ1) is 14.3. The fraction of sp³-hybridized carbons (Fsp3) is 0.571. The van der Waals surface area contributed by atoms with Gasteiger partial charge in [-0.05, 0) is 24.5 Å². The average molecular weight is 283 g/mol. The summed E-state index contributed by atoms with van der Waals surface area (Å²) in [5, 5.41) is 9.53. The molecule has 1 saturated heterocycles. The summed E-state index contributed by atoms with van der Waals surface area (Å²) in [6.45, 7) is 4.60. The maximum Gasteiger partial charge on any atom is 0.180 e. The third-order valence-corrected chi connectivity index (χ3v) is 5.73. The van der Waals surface area contributed by atoms with E-state index in [0.29, 0.717) is 10.8 Å². The van der Waals surface area contributed by atoms with Crippen LogP contribution in [0.25, 0.3) is 0 Å². The molecule has 2 rings (SSSR count). The summed E-state index contributed by atoms with van der Waals surface area (Å²) >= 11 is 0. The van der Waals surface area contributed by atoms with Gasteiger partial charge in [-0.3, -0.25) is 0 Å². The highest BCUT2D eigenvalue weighted by atomic mass is 32.2. The number of aliphatic hydroxyl groups is 1. The molecule has 1 aromatic carbocycles. The van der Waals surface area contributed by atoms with Crippen molar-refractivity contribution in [2.75, 3.05) is 23.8 Å². The van der Waals surface area contributed by atoms with Gasteiger partial charge in [-0.25, -0.2) is 8.42 Å². The van der Waals surface area contributed by atoms with E-state index in [2.05, 4.69) is 6.92 Å². The summed E-state index contributed by atoms with van der Waals surface area (Å²) in [5.74, 6) is 0.472. The van der Waals surface area contributed by atoms with Crippen LogP contribution in [0.5, 0.6) is 0 Å². The van der Waals surface area contributed by atoms with Crippen LogP contribution in [0.15, 0.2) is 29.2 Å². The largest absolute Gasteiger partial charge is 0.394 e. The van der Waals surface area contributed by atoms with Gasteiger partial charge in [0.2, 0.25) is 0 Å². The molecule has 2 atom stereocenters. The summed E-state index contributed by atoms with van der Waals surface area (Å²) in [5.41, 5.74) is 0.729. The Hall–Kier alpha value is -1.07. The van der Waals surface area contributed by atoms with E-state index < -0.39 is 9.84 Å². The molecule has 0 spiro atoms. The van der Waals surface area contributed by atoms with Crippen LogP contribution < -0.4 is 4.90 Å². The third-order valence-electron chi connectivity index (χ3n) is 3.96. The van der Waals surface area contributed by atoms with Gasteiger partial charge < -0.3 is 10.0 Å². The monoisotopic (exact) mass is 283 g/mol. The molecule has 106 valence electrons. The van der Waals surface area contributed by atoms with E-state index in [-0.39, 0.29) is 18.4 Å². The molecule has 0 aliphatic carbocycles. The molecule has 0 aromatic heterocycles. The molecule has 1 N–H and O–H groups in total. The lowest BCUT2D eigenvalue weighted by Gasteiger charge is -2.29. The number of hydrogen-bond acceptors (Lipinski definition) is 4. The molecule has 5 heteroatoms. The maximum atomic E-state index is 12.2. The Kier molecular flexibility index (Phi) is 4.16. The molecule has 1 heterocycles. The highest BCUT2D eigenvalue weighted by molar-refractivity contribution is 7.91. The first-order valence-corrected chi connectivity index (χ1v) is 8.35. The summed E-state index contributed by atoms with van der Waals surface area (Å²) in [7, 11) is -3.24. The van der Waals surface area contributed by atoms with Gasteiger partial charge in [0.1, 0.15) is 0 Å². The Morgan fingerprint density at radius 1 is 1.37 bits per heavy atom. The van der Waals surface area contributed by atoms with Gasteiger partial charge in [-0.2, -0.15) is 0 Å². The minimum atomic E-state index is -3.24. The zero-order valence-corrected chi connectivity index (χ0v) is 12.2. The van der Waals surface area contributed by atoms with Crippen LogP contribution >= 0.6 is 0 Å². The molecule has 1 aliphatic heterocycles. The van der Waals surface area contributed by atoms with Crippen molar-refractivity contribution < 1.29 is 13.5 Å². The topological polar surface area (TPSA) is 57.6 Å². The van der Waals surface area contributed by atoms with Crippen LogP contribution in [0.4, 0.5) is 5.69 Å². The zero-order valence-electron chi connectivity index (χ0n) is 11.4. The van der Waals surface area contributed by atoms with Crippen molar-refractivity contribution >= 4 is 15.5 Å². The van der Waals surface area contributed by atoms with E-state index in [1.165, 1.54) is 0 Å². The molecule has 1 aliphatic rings. The predicted octanol–water partition coefficient (Wildman–Crippen LogP) is 1.69. The lowest BCUT2D eigenvalue weighted by molar-refractivity contribution is 0.244. The molecule has 0 saturated carbocycles. The molecule has 2 unspecified atom stereocenters. The number of para-hydroxylation sites is 1. The van der Waals surface area contributed by atoms with Crippen LogP contribution in [-0.4, -0.2) is 38.5 Å². The van der Waals surface area contributed by atoms with Gasteiger partial charge in [0.15, 0.2) is 9.84 Å².